The predicted molar refractivity (Wildman–Crippen MR) is 82.9 cm³/mol. The first-order chi connectivity index (χ1) is 9.72. The molecule has 1 N–H and O–H groups in total. The minimum Gasteiger partial charge on any atom is -0.355 e. The van der Waals surface area contributed by atoms with Crippen LogP contribution in [0.15, 0.2) is 0 Å². The summed E-state index contributed by atoms with van der Waals surface area (Å²) in [7, 11) is 0. The molecule has 0 bridgehead atoms. The third-order valence-corrected chi connectivity index (χ3v) is 3.55. The van der Waals surface area contributed by atoms with Gasteiger partial charge in [0, 0.05) is 30.7 Å². The Morgan fingerprint density at radius 1 is 1.43 bits per heavy atom. The zero-order chi connectivity index (χ0) is 16.1. The lowest BCUT2D eigenvalue weighted by atomic mass is 9.89. The first kappa shape index (κ1) is 18.3. The van der Waals surface area contributed by atoms with Crippen LogP contribution < -0.4 is 5.32 Å². The summed E-state index contributed by atoms with van der Waals surface area (Å²) in [6.45, 7) is 8.91. The van der Waals surface area contributed by atoms with Crippen LogP contribution in [0.4, 0.5) is 0 Å². The van der Waals surface area contributed by atoms with Crippen molar-refractivity contribution in [2.24, 2.45) is 5.41 Å². The molecule has 1 atom stereocenters. The summed E-state index contributed by atoms with van der Waals surface area (Å²) in [5, 5.41) is 2.73. The number of nitrogens with zero attached hydrogens (tertiary/aromatic N) is 1. The van der Waals surface area contributed by atoms with Gasteiger partial charge in [0.2, 0.25) is 12.3 Å². The lowest BCUT2D eigenvalue weighted by molar-refractivity contribution is -0.336. The third-order valence-electron chi connectivity index (χ3n) is 3.32. The molecule has 1 heterocycles. The molecular formula is C14H26N2O4S. The summed E-state index contributed by atoms with van der Waals surface area (Å²) < 4.78 is 11.5. The highest BCUT2D eigenvalue weighted by atomic mass is 32.1. The lowest BCUT2D eigenvalue weighted by Crippen LogP contribution is -2.57. The third kappa shape index (κ3) is 5.48. The highest BCUT2D eigenvalue weighted by Gasteiger charge is 2.44. The second kappa shape index (κ2) is 7.47. The minimum atomic E-state index is -0.740. The molecule has 0 aromatic carbocycles. The SMILES string of the molecule is CC1(C)OCC(C)(C)[C@H](N(C=O)CCC(=O)NCCS)O1. The number of nitrogens with one attached hydrogen (secondary N) is 1. The number of hydrogen-bond donors (Lipinski definition) is 2. The molecule has 0 radical (unpaired) electrons. The molecule has 1 aliphatic heterocycles. The molecule has 1 aliphatic rings. The quantitative estimate of drug-likeness (QED) is 0.543. The fourth-order valence-electron chi connectivity index (χ4n) is 2.15. The molecule has 1 saturated heterocycles. The van der Waals surface area contributed by atoms with Crippen molar-refractivity contribution in [3.63, 3.8) is 0 Å². The van der Waals surface area contributed by atoms with Crippen LogP contribution in [0.3, 0.4) is 0 Å². The average molecular weight is 318 g/mol. The van der Waals surface area contributed by atoms with E-state index in [-0.39, 0.29) is 17.7 Å². The van der Waals surface area contributed by atoms with Gasteiger partial charge in [0.05, 0.1) is 6.61 Å². The molecular weight excluding hydrogens is 292 g/mol. The van der Waals surface area contributed by atoms with E-state index in [1.165, 1.54) is 4.90 Å². The standard InChI is InChI=1S/C14H26N2O4S/c1-13(2)9-19-14(3,4)20-12(13)16(10-17)7-5-11(18)15-6-8-21/h10,12,21H,5-9H2,1-4H3,(H,15,18)/t12-/m1/s1. The van der Waals surface area contributed by atoms with Crippen molar-refractivity contribution < 1.29 is 19.1 Å². The normalized spacial score (nSPS) is 23.4. The Morgan fingerprint density at radius 3 is 2.67 bits per heavy atom. The predicted octanol–water partition coefficient (Wildman–Crippen LogP) is 1.02. The first-order valence-electron chi connectivity index (χ1n) is 7.12. The fourth-order valence-corrected chi connectivity index (χ4v) is 2.26. The van der Waals surface area contributed by atoms with Gasteiger partial charge in [0.1, 0.15) is 6.23 Å². The molecule has 1 rings (SSSR count). The van der Waals surface area contributed by atoms with Crippen LogP contribution >= 0.6 is 12.6 Å². The van der Waals surface area contributed by atoms with Crippen molar-refractivity contribution in [1.82, 2.24) is 10.2 Å². The van der Waals surface area contributed by atoms with Crippen molar-refractivity contribution in [1.29, 1.82) is 0 Å². The van der Waals surface area contributed by atoms with E-state index in [2.05, 4.69) is 17.9 Å². The molecule has 1 fully saturated rings. The van der Waals surface area contributed by atoms with Crippen LogP contribution in [-0.4, -0.2) is 54.7 Å². The van der Waals surface area contributed by atoms with E-state index in [9.17, 15) is 9.59 Å². The number of carbonyl (C=O) groups excluding carboxylic acids is 2. The van der Waals surface area contributed by atoms with E-state index in [0.717, 1.165) is 6.41 Å². The Morgan fingerprint density at radius 2 is 2.10 bits per heavy atom. The van der Waals surface area contributed by atoms with E-state index >= 15 is 0 Å². The van der Waals surface area contributed by atoms with Crippen LogP contribution in [-0.2, 0) is 19.1 Å². The summed E-state index contributed by atoms with van der Waals surface area (Å²) in [4.78, 5) is 24.6. The number of hydrogen-bond acceptors (Lipinski definition) is 5. The highest BCUT2D eigenvalue weighted by Crippen LogP contribution is 2.36. The Kier molecular flexibility index (Phi) is 6.49. The zero-order valence-corrected chi connectivity index (χ0v) is 14.1. The molecule has 0 aliphatic carbocycles. The van der Waals surface area contributed by atoms with Gasteiger partial charge in [0.15, 0.2) is 5.79 Å². The molecule has 0 aromatic rings. The fraction of sp³-hybridized carbons (Fsp3) is 0.857. The second-order valence-electron chi connectivity index (χ2n) is 6.31. The Balaban J connectivity index is 2.64. The Bertz CT molecular complexity index is 374. The lowest BCUT2D eigenvalue weighted by Gasteiger charge is -2.48. The number of carbonyl (C=O) groups is 2. The van der Waals surface area contributed by atoms with Crippen LogP contribution in [0.25, 0.3) is 0 Å². The van der Waals surface area contributed by atoms with Crippen LogP contribution in [0.1, 0.15) is 34.1 Å². The summed E-state index contributed by atoms with van der Waals surface area (Å²) in [6, 6.07) is 0. The molecule has 7 heteroatoms. The van der Waals surface area contributed by atoms with E-state index in [1.54, 1.807) is 0 Å². The first-order valence-corrected chi connectivity index (χ1v) is 7.75. The van der Waals surface area contributed by atoms with Gasteiger partial charge in [-0.15, -0.1) is 0 Å². The van der Waals surface area contributed by atoms with Crippen LogP contribution in [0.2, 0.25) is 0 Å². The van der Waals surface area contributed by atoms with Gasteiger partial charge in [-0.3, -0.25) is 9.59 Å². The number of rotatable bonds is 7. The monoisotopic (exact) mass is 318 g/mol. The molecule has 21 heavy (non-hydrogen) atoms. The van der Waals surface area contributed by atoms with E-state index in [0.29, 0.717) is 25.4 Å². The maximum Gasteiger partial charge on any atom is 0.221 e. The van der Waals surface area contributed by atoms with Crippen LogP contribution in [0.5, 0.6) is 0 Å². The number of thiol groups is 1. The summed E-state index contributed by atoms with van der Waals surface area (Å²) in [5.74, 6) is -0.247. The molecule has 0 aromatic heterocycles. The van der Waals surface area contributed by atoms with Crippen LogP contribution in [0, 0.1) is 5.41 Å². The van der Waals surface area contributed by atoms with Gasteiger partial charge in [-0.05, 0) is 13.8 Å². The number of ether oxygens (including phenoxy) is 2. The largest absolute Gasteiger partial charge is 0.355 e. The van der Waals surface area contributed by atoms with Gasteiger partial charge in [-0.2, -0.15) is 12.6 Å². The molecule has 6 nitrogen and oxygen atoms in total. The molecule has 0 unspecified atom stereocenters. The van der Waals surface area contributed by atoms with E-state index < -0.39 is 12.0 Å². The molecule has 0 saturated carbocycles. The van der Waals surface area contributed by atoms with Gasteiger partial charge < -0.3 is 19.7 Å². The second-order valence-corrected chi connectivity index (χ2v) is 6.76. The van der Waals surface area contributed by atoms with Gasteiger partial charge in [0.25, 0.3) is 0 Å². The topological polar surface area (TPSA) is 67.9 Å². The molecule has 2 amide bonds. The minimum absolute atomic E-state index is 0.0972. The smallest absolute Gasteiger partial charge is 0.221 e. The van der Waals surface area contributed by atoms with Gasteiger partial charge >= 0.3 is 0 Å². The molecule has 0 spiro atoms. The van der Waals surface area contributed by atoms with Crippen molar-refractivity contribution in [2.45, 2.75) is 46.1 Å². The maximum atomic E-state index is 11.6. The Labute approximate surface area is 131 Å². The van der Waals surface area contributed by atoms with Crippen molar-refractivity contribution in [3.05, 3.63) is 0 Å². The summed E-state index contributed by atoms with van der Waals surface area (Å²) in [6.07, 6.45) is 0.556. The summed E-state index contributed by atoms with van der Waals surface area (Å²) >= 11 is 4.03. The summed E-state index contributed by atoms with van der Waals surface area (Å²) in [5.41, 5.74) is -0.335. The number of amides is 2. The van der Waals surface area contributed by atoms with E-state index in [1.807, 2.05) is 27.7 Å². The van der Waals surface area contributed by atoms with E-state index in [4.69, 9.17) is 9.47 Å². The zero-order valence-electron chi connectivity index (χ0n) is 13.2. The van der Waals surface area contributed by atoms with Crippen molar-refractivity contribution >= 4 is 24.9 Å². The van der Waals surface area contributed by atoms with Crippen molar-refractivity contribution in [2.75, 3.05) is 25.4 Å². The van der Waals surface area contributed by atoms with Gasteiger partial charge in [-0.25, -0.2) is 0 Å². The maximum absolute atomic E-state index is 11.6. The Hall–Kier alpha value is -0.790. The van der Waals surface area contributed by atoms with Crippen molar-refractivity contribution in [3.8, 4) is 0 Å². The molecule has 122 valence electrons. The average Bonchev–Trinajstić information content (AvgIpc) is 2.41. The highest BCUT2D eigenvalue weighted by molar-refractivity contribution is 7.80. The van der Waals surface area contributed by atoms with Gasteiger partial charge in [-0.1, -0.05) is 13.8 Å².